The fourth-order valence-electron chi connectivity index (χ4n) is 3.37. The van der Waals surface area contributed by atoms with Crippen LogP contribution in [-0.4, -0.2) is 15.9 Å². The monoisotopic (exact) mass is 395 g/mol. The van der Waals surface area contributed by atoms with Gasteiger partial charge in [-0.2, -0.15) is 0 Å². The van der Waals surface area contributed by atoms with Crippen LogP contribution in [0.15, 0.2) is 78.9 Å². The fourth-order valence-corrected chi connectivity index (χ4v) is 3.37. The van der Waals surface area contributed by atoms with Crippen LogP contribution in [0, 0.1) is 13.8 Å². The Morgan fingerprint density at radius 2 is 1.37 bits per heavy atom. The molecule has 0 saturated carbocycles. The quantitative estimate of drug-likeness (QED) is 0.455. The third-order valence-corrected chi connectivity index (χ3v) is 5.10. The van der Waals surface area contributed by atoms with E-state index in [-0.39, 0.29) is 5.91 Å². The minimum atomic E-state index is -0.235. The molecule has 0 aliphatic heterocycles. The summed E-state index contributed by atoms with van der Waals surface area (Å²) in [6, 6.07) is 26.3. The highest BCUT2D eigenvalue weighted by atomic mass is 16.2. The van der Waals surface area contributed by atoms with Gasteiger partial charge in [-0.3, -0.25) is 4.79 Å². The Kier molecular flexibility index (Phi) is 5.75. The Hall–Kier alpha value is -3.66. The number of nitrogens with one attached hydrogen (secondary N) is 2. The molecule has 4 nitrogen and oxygen atoms in total. The molecule has 3 aromatic carbocycles. The first-order chi connectivity index (χ1) is 14.6. The van der Waals surface area contributed by atoms with Crippen molar-refractivity contribution in [3.63, 3.8) is 0 Å². The fraction of sp³-hybridized carbons (Fsp3) is 0.154. The number of rotatable bonds is 6. The van der Waals surface area contributed by atoms with Gasteiger partial charge in [0.2, 0.25) is 0 Å². The molecule has 2 N–H and O–H groups in total. The molecule has 1 aromatic heterocycles. The van der Waals surface area contributed by atoms with Gasteiger partial charge in [-0.05, 0) is 37.1 Å². The largest absolute Gasteiger partial charge is 0.337 e. The molecule has 0 saturated heterocycles. The van der Waals surface area contributed by atoms with Crippen LogP contribution in [-0.2, 0) is 12.8 Å². The number of carbonyl (C=O) groups is 1. The number of para-hydroxylation sites is 1. The predicted molar refractivity (Wildman–Crippen MR) is 121 cm³/mol. The van der Waals surface area contributed by atoms with E-state index < -0.39 is 0 Å². The van der Waals surface area contributed by atoms with Gasteiger partial charge in [0.05, 0.1) is 5.69 Å². The first-order valence-electron chi connectivity index (χ1n) is 10.1. The number of aromatic nitrogens is 2. The molecule has 0 fully saturated rings. The summed E-state index contributed by atoms with van der Waals surface area (Å²) in [5.74, 6) is 0.101. The summed E-state index contributed by atoms with van der Waals surface area (Å²) in [4.78, 5) is 20.7. The van der Waals surface area contributed by atoms with Gasteiger partial charge in [0, 0.05) is 24.2 Å². The van der Waals surface area contributed by atoms with E-state index in [0.717, 1.165) is 17.1 Å². The summed E-state index contributed by atoms with van der Waals surface area (Å²) < 4.78 is 0. The molecule has 30 heavy (non-hydrogen) atoms. The highest BCUT2D eigenvalue weighted by Crippen LogP contribution is 2.18. The van der Waals surface area contributed by atoms with Crippen LogP contribution in [0.3, 0.4) is 0 Å². The Balaban J connectivity index is 1.62. The van der Waals surface area contributed by atoms with Crippen LogP contribution in [0.5, 0.6) is 0 Å². The second kappa shape index (κ2) is 8.78. The van der Waals surface area contributed by atoms with Crippen LogP contribution in [0.2, 0.25) is 0 Å². The van der Waals surface area contributed by atoms with Gasteiger partial charge >= 0.3 is 0 Å². The lowest BCUT2D eigenvalue weighted by Crippen LogP contribution is -2.13. The highest BCUT2D eigenvalue weighted by molar-refractivity contribution is 6.01. The van der Waals surface area contributed by atoms with Gasteiger partial charge < -0.3 is 10.3 Å². The van der Waals surface area contributed by atoms with Gasteiger partial charge in [0.25, 0.3) is 5.91 Å². The number of aryl methyl sites for hydroxylation is 2. The molecule has 0 aliphatic carbocycles. The standard InChI is InChI=1S/C26H25N3O/c1-18-8-12-20(13-9-18)16-23-24(17-21-14-10-19(2)11-15-21)29-25(28-23)26(30)27-22-6-4-3-5-7-22/h3-15H,16-17H2,1-2H3,(H,27,30)(H,28,29). The number of anilines is 1. The number of H-pyrrole nitrogens is 1. The average Bonchev–Trinajstić information content (AvgIpc) is 3.14. The molecule has 1 amide bonds. The number of imidazole rings is 1. The van der Waals surface area contributed by atoms with E-state index in [9.17, 15) is 4.79 Å². The molecule has 0 bridgehead atoms. The topological polar surface area (TPSA) is 57.8 Å². The van der Waals surface area contributed by atoms with Crippen molar-refractivity contribution in [2.45, 2.75) is 26.7 Å². The zero-order chi connectivity index (χ0) is 20.9. The first-order valence-corrected chi connectivity index (χ1v) is 10.1. The van der Waals surface area contributed by atoms with Crippen LogP contribution in [0.4, 0.5) is 5.69 Å². The lowest BCUT2D eigenvalue weighted by molar-refractivity contribution is 0.101. The number of nitrogens with zero attached hydrogens (tertiary/aromatic N) is 1. The average molecular weight is 396 g/mol. The third-order valence-electron chi connectivity index (χ3n) is 5.10. The molecule has 0 unspecified atom stereocenters. The summed E-state index contributed by atoms with van der Waals surface area (Å²) in [7, 11) is 0. The number of hydrogen-bond acceptors (Lipinski definition) is 2. The number of amides is 1. The molecule has 4 rings (SSSR count). The molecular formula is C26H25N3O. The third kappa shape index (κ3) is 4.84. The van der Waals surface area contributed by atoms with Crippen LogP contribution in [0.1, 0.15) is 44.3 Å². The SMILES string of the molecule is Cc1ccc(Cc2nc(C(=O)Nc3ccccc3)[nH]c2Cc2ccc(C)cc2)cc1. The summed E-state index contributed by atoms with van der Waals surface area (Å²) in [5.41, 5.74) is 7.43. The summed E-state index contributed by atoms with van der Waals surface area (Å²) >= 11 is 0. The van der Waals surface area contributed by atoms with Gasteiger partial charge in [0.1, 0.15) is 0 Å². The molecule has 0 aliphatic rings. The molecule has 4 aromatic rings. The van der Waals surface area contributed by atoms with Crippen molar-refractivity contribution in [1.29, 1.82) is 0 Å². The lowest BCUT2D eigenvalue weighted by Gasteiger charge is -2.05. The molecule has 0 atom stereocenters. The van der Waals surface area contributed by atoms with E-state index in [1.165, 1.54) is 22.3 Å². The Labute approximate surface area is 177 Å². The van der Waals surface area contributed by atoms with Gasteiger partial charge in [-0.25, -0.2) is 4.98 Å². The molecule has 1 heterocycles. The Bertz CT molecular complexity index is 1060. The van der Waals surface area contributed by atoms with E-state index in [1.807, 2.05) is 30.3 Å². The molecular weight excluding hydrogens is 370 g/mol. The number of carbonyl (C=O) groups excluding carboxylic acids is 1. The van der Waals surface area contributed by atoms with E-state index in [2.05, 4.69) is 77.7 Å². The highest BCUT2D eigenvalue weighted by Gasteiger charge is 2.17. The number of benzene rings is 3. The van der Waals surface area contributed by atoms with E-state index >= 15 is 0 Å². The molecule has 0 radical (unpaired) electrons. The van der Waals surface area contributed by atoms with Crippen molar-refractivity contribution < 1.29 is 4.79 Å². The summed E-state index contributed by atoms with van der Waals surface area (Å²) in [5, 5.41) is 2.91. The maximum absolute atomic E-state index is 12.8. The second-order valence-electron chi connectivity index (χ2n) is 7.66. The maximum Gasteiger partial charge on any atom is 0.291 e. The number of aromatic amines is 1. The smallest absolute Gasteiger partial charge is 0.291 e. The molecule has 0 spiro atoms. The molecule has 4 heteroatoms. The second-order valence-corrected chi connectivity index (χ2v) is 7.66. The van der Waals surface area contributed by atoms with Crippen LogP contribution >= 0.6 is 0 Å². The minimum absolute atomic E-state index is 0.235. The number of hydrogen-bond donors (Lipinski definition) is 2. The van der Waals surface area contributed by atoms with Crippen molar-refractivity contribution in [3.05, 3.63) is 118 Å². The van der Waals surface area contributed by atoms with Crippen molar-refractivity contribution in [3.8, 4) is 0 Å². The Morgan fingerprint density at radius 1 is 0.800 bits per heavy atom. The first kappa shape index (κ1) is 19.6. The van der Waals surface area contributed by atoms with Crippen molar-refractivity contribution >= 4 is 11.6 Å². The van der Waals surface area contributed by atoms with Crippen LogP contribution in [0.25, 0.3) is 0 Å². The summed E-state index contributed by atoms with van der Waals surface area (Å²) in [6.45, 7) is 4.15. The van der Waals surface area contributed by atoms with Crippen molar-refractivity contribution in [1.82, 2.24) is 9.97 Å². The van der Waals surface area contributed by atoms with Gasteiger partial charge in [-0.15, -0.1) is 0 Å². The lowest BCUT2D eigenvalue weighted by atomic mass is 10.0. The molecule has 150 valence electrons. The maximum atomic E-state index is 12.8. The summed E-state index contributed by atoms with van der Waals surface area (Å²) in [6.07, 6.45) is 1.38. The van der Waals surface area contributed by atoms with E-state index in [1.54, 1.807) is 0 Å². The normalized spacial score (nSPS) is 10.7. The van der Waals surface area contributed by atoms with Gasteiger partial charge in [-0.1, -0.05) is 77.9 Å². The van der Waals surface area contributed by atoms with E-state index in [4.69, 9.17) is 0 Å². The van der Waals surface area contributed by atoms with E-state index in [0.29, 0.717) is 18.7 Å². The Morgan fingerprint density at radius 3 is 1.97 bits per heavy atom. The zero-order valence-electron chi connectivity index (χ0n) is 17.3. The van der Waals surface area contributed by atoms with Crippen molar-refractivity contribution in [2.75, 3.05) is 5.32 Å². The zero-order valence-corrected chi connectivity index (χ0v) is 17.3. The van der Waals surface area contributed by atoms with Crippen LogP contribution < -0.4 is 5.32 Å². The van der Waals surface area contributed by atoms with Crippen molar-refractivity contribution in [2.24, 2.45) is 0 Å². The van der Waals surface area contributed by atoms with Gasteiger partial charge in [0.15, 0.2) is 5.82 Å². The minimum Gasteiger partial charge on any atom is -0.337 e. The predicted octanol–water partition coefficient (Wildman–Crippen LogP) is 5.46.